The first-order valence-corrected chi connectivity index (χ1v) is 9.43. The largest absolute Gasteiger partial charge is 0.467 e. The molecule has 0 N–H and O–H groups in total. The van der Waals surface area contributed by atoms with E-state index in [9.17, 15) is 9.18 Å². The number of carbonyl (C=O) groups is 1. The van der Waals surface area contributed by atoms with E-state index in [-0.39, 0.29) is 11.7 Å². The maximum absolute atomic E-state index is 13.1. The fourth-order valence-corrected chi connectivity index (χ4v) is 3.82. The lowest BCUT2D eigenvalue weighted by Crippen LogP contribution is -2.31. The van der Waals surface area contributed by atoms with E-state index in [0.717, 1.165) is 12.0 Å². The number of carbonyl (C=O) groups excluding carboxylic acids is 1. The molecule has 0 aliphatic carbocycles. The molecule has 3 aromatic rings. The van der Waals surface area contributed by atoms with Gasteiger partial charge in [-0.25, -0.2) is 4.39 Å². The number of rotatable bonds is 5. The Hall–Kier alpha value is -3.08. The van der Waals surface area contributed by atoms with E-state index in [4.69, 9.17) is 4.42 Å². The lowest BCUT2D eigenvalue weighted by Gasteiger charge is -2.24. The first kappa shape index (κ1) is 18.3. The Balaban J connectivity index is 1.51. The highest BCUT2D eigenvalue weighted by molar-refractivity contribution is 5.95. The number of benzene rings is 2. The van der Waals surface area contributed by atoms with E-state index >= 15 is 0 Å². The lowest BCUT2D eigenvalue weighted by molar-refractivity contribution is 0.0782. The van der Waals surface area contributed by atoms with Gasteiger partial charge in [0.15, 0.2) is 0 Å². The first-order chi connectivity index (χ1) is 13.5. The van der Waals surface area contributed by atoms with Crippen molar-refractivity contribution in [3.63, 3.8) is 0 Å². The molecular formula is C23H23FN2O2. The lowest BCUT2D eigenvalue weighted by atomic mass is 10.1. The van der Waals surface area contributed by atoms with Crippen molar-refractivity contribution in [2.45, 2.75) is 32.5 Å². The third kappa shape index (κ3) is 3.52. The van der Waals surface area contributed by atoms with Crippen LogP contribution in [-0.4, -0.2) is 23.9 Å². The third-order valence-electron chi connectivity index (χ3n) is 5.32. The van der Waals surface area contributed by atoms with Gasteiger partial charge in [0.25, 0.3) is 5.91 Å². The summed E-state index contributed by atoms with van der Waals surface area (Å²) in [5.74, 6) is 0.280. The zero-order chi connectivity index (χ0) is 19.7. The minimum absolute atomic E-state index is 0.104. The van der Waals surface area contributed by atoms with Gasteiger partial charge in [0.1, 0.15) is 11.6 Å². The van der Waals surface area contributed by atoms with Gasteiger partial charge in [-0.3, -0.25) is 4.79 Å². The number of para-hydroxylation sites is 1. The second-order valence-electron chi connectivity index (χ2n) is 7.35. The van der Waals surface area contributed by atoms with Crippen LogP contribution in [-0.2, 0) is 19.5 Å². The van der Waals surface area contributed by atoms with Crippen LogP contribution in [0.4, 0.5) is 10.1 Å². The molecule has 1 unspecified atom stereocenters. The van der Waals surface area contributed by atoms with E-state index < -0.39 is 0 Å². The highest BCUT2D eigenvalue weighted by Gasteiger charge is 2.28. The van der Waals surface area contributed by atoms with Gasteiger partial charge in [0.2, 0.25) is 0 Å². The van der Waals surface area contributed by atoms with Crippen molar-refractivity contribution < 1.29 is 13.6 Å². The van der Waals surface area contributed by atoms with E-state index in [1.54, 1.807) is 36.4 Å². The number of halogens is 1. The summed E-state index contributed by atoms with van der Waals surface area (Å²) in [5.41, 5.74) is 3.97. The van der Waals surface area contributed by atoms with E-state index in [1.165, 1.54) is 23.4 Å². The van der Waals surface area contributed by atoms with E-state index in [0.29, 0.717) is 30.5 Å². The van der Waals surface area contributed by atoms with Gasteiger partial charge in [0.05, 0.1) is 18.4 Å². The molecule has 0 spiro atoms. The van der Waals surface area contributed by atoms with Gasteiger partial charge in [-0.1, -0.05) is 30.3 Å². The third-order valence-corrected chi connectivity index (χ3v) is 5.32. The van der Waals surface area contributed by atoms with E-state index in [1.807, 2.05) is 6.07 Å². The number of hydrogen-bond acceptors (Lipinski definition) is 3. The topological polar surface area (TPSA) is 36.7 Å². The zero-order valence-corrected chi connectivity index (χ0v) is 16.1. The molecule has 1 aliphatic rings. The molecule has 1 atom stereocenters. The van der Waals surface area contributed by atoms with Crippen molar-refractivity contribution in [2.75, 3.05) is 11.9 Å². The molecular weight excluding hydrogens is 355 g/mol. The Morgan fingerprint density at radius 3 is 2.71 bits per heavy atom. The molecule has 0 fully saturated rings. The van der Waals surface area contributed by atoms with Crippen molar-refractivity contribution in [3.05, 3.63) is 89.1 Å². The van der Waals surface area contributed by atoms with Gasteiger partial charge in [-0.15, -0.1) is 0 Å². The summed E-state index contributed by atoms with van der Waals surface area (Å²) in [5, 5.41) is 0. The number of fused-ring (bicyclic) bond motifs is 1. The highest BCUT2D eigenvalue weighted by Crippen LogP contribution is 2.33. The van der Waals surface area contributed by atoms with Crippen LogP contribution in [0.2, 0.25) is 0 Å². The summed E-state index contributed by atoms with van der Waals surface area (Å²) in [6.45, 7) is 3.15. The smallest absolute Gasteiger partial charge is 0.257 e. The fraction of sp³-hybridized carbons (Fsp3) is 0.261. The quantitative estimate of drug-likeness (QED) is 0.649. The molecule has 2 aromatic carbocycles. The van der Waals surface area contributed by atoms with Gasteiger partial charge < -0.3 is 14.2 Å². The molecule has 28 heavy (non-hydrogen) atoms. The van der Waals surface area contributed by atoms with Crippen LogP contribution in [0.25, 0.3) is 0 Å². The summed E-state index contributed by atoms with van der Waals surface area (Å²) in [6.07, 6.45) is 2.56. The van der Waals surface area contributed by atoms with Crippen LogP contribution >= 0.6 is 0 Å². The Kier molecular flexibility index (Phi) is 4.90. The Labute approximate surface area is 164 Å². The van der Waals surface area contributed by atoms with E-state index in [2.05, 4.69) is 30.0 Å². The van der Waals surface area contributed by atoms with Gasteiger partial charge in [0, 0.05) is 25.3 Å². The second-order valence-corrected chi connectivity index (χ2v) is 7.35. The fourth-order valence-electron chi connectivity index (χ4n) is 3.82. The molecule has 0 bridgehead atoms. The Morgan fingerprint density at radius 1 is 1.18 bits per heavy atom. The summed E-state index contributed by atoms with van der Waals surface area (Å²) in [6, 6.07) is 16.6. The Bertz CT molecular complexity index is 980. The zero-order valence-electron chi connectivity index (χ0n) is 16.1. The van der Waals surface area contributed by atoms with Crippen molar-refractivity contribution in [1.82, 2.24) is 4.90 Å². The summed E-state index contributed by atoms with van der Waals surface area (Å²) >= 11 is 0. The highest BCUT2D eigenvalue weighted by atomic mass is 19.1. The van der Waals surface area contributed by atoms with Gasteiger partial charge in [-0.2, -0.15) is 0 Å². The molecule has 1 aliphatic heterocycles. The molecule has 144 valence electrons. The van der Waals surface area contributed by atoms with Crippen molar-refractivity contribution in [3.8, 4) is 0 Å². The monoisotopic (exact) mass is 378 g/mol. The maximum atomic E-state index is 13.1. The minimum atomic E-state index is -0.283. The van der Waals surface area contributed by atoms with Crippen molar-refractivity contribution in [2.24, 2.45) is 0 Å². The molecule has 5 heteroatoms. The van der Waals surface area contributed by atoms with Crippen LogP contribution in [0, 0.1) is 5.82 Å². The molecule has 2 heterocycles. The molecule has 4 rings (SSSR count). The van der Waals surface area contributed by atoms with Gasteiger partial charge >= 0.3 is 0 Å². The van der Waals surface area contributed by atoms with Crippen LogP contribution in [0.1, 0.15) is 34.2 Å². The molecule has 0 radical (unpaired) electrons. The van der Waals surface area contributed by atoms with Crippen LogP contribution in [0.5, 0.6) is 0 Å². The van der Waals surface area contributed by atoms with Crippen molar-refractivity contribution in [1.29, 1.82) is 0 Å². The minimum Gasteiger partial charge on any atom is -0.467 e. The predicted octanol–water partition coefficient (Wildman–Crippen LogP) is 4.64. The normalized spacial score (nSPS) is 15.5. The summed E-state index contributed by atoms with van der Waals surface area (Å²) in [7, 11) is 1.75. The van der Waals surface area contributed by atoms with Gasteiger partial charge in [-0.05, 0) is 48.7 Å². The molecule has 4 nitrogen and oxygen atoms in total. The van der Waals surface area contributed by atoms with Crippen LogP contribution in [0.3, 0.4) is 0 Å². The average Bonchev–Trinajstić information content (AvgIpc) is 3.28. The number of hydrogen-bond donors (Lipinski definition) is 0. The van der Waals surface area contributed by atoms with Crippen LogP contribution < -0.4 is 4.90 Å². The SMILES string of the molecule is CC1Cc2ccccc2N1Cc1occc1C(=O)N(C)Cc1ccc(F)cc1. The molecule has 1 aromatic heterocycles. The maximum Gasteiger partial charge on any atom is 0.257 e. The molecule has 0 saturated carbocycles. The summed E-state index contributed by atoms with van der Waals surface area (Å²) < 4.78 is 18.8. The number of furan rings is 1. The second kappa shape index (κ2) is 7.50. The molecule has 1 amide bonds. The number of nitrogens with zero attached hydrogens (tertiary/aromatic N) is 2. The summed E-state index contributed by atoms with van der Waals surface area (Å²) in [4.78, 5) is 16.9. The standard InChI is InChI=1S/C23H23FN2O2/c1-16-13-18-5-3-4-6-21(18)26(16)15-22-20(11-12-28-22)23(27)25(2)14-17-7-9-19(24)10-8-17/h3-12,16H,13-15H2,1-2H3. The first-order valence-electron chi connectivity index (χ1n) is 9.43. The average molecular weight is 378 g/mol. The van der Waals surface area contributed by atoms with Crippen molar-refractivity contribution >= 4 is 11.6 Å². The predicted molar refractivity (Wildman–Crippen MR) is 107 cm³/mol. The number of amides is 1. The van der Waals surface area contributed by atoms with Crippen LogP contribution in [0.15, 0.2) is 65.3 Å². The Morgan fingerprint density at radius 2 is 1.93 bits per heavy atom. The number of anilines is 1. The molecule has 0 saturated heterocycles.